The summed E-state index contributed by atoms with van der Waals surface area (Å²) in [5.41, 5.74) is 2.62. The van der Waals surface area contributed by atoms with Crippen LogP contribution in [0, 0.1) is 13.8 Å². The molecule has 2 heterocycles. The van der Waals surface area contributed by atoms with E-state index in [-0.39, 0.29) is 0 Å². The van der Waals surface area contributed by atoms with E-state index >= 15 is 0 Å². The maximum atomic E-state index is 3.55. The van der Waals surface area contributed by atoms with Crippen LogP contribution in [0.4, 0.5) is 0 Å². The minimum absolute atomic E-state index is 1.23. The van der Waals surface area contributed by atoms with Gasteiger partial charge in [0.05, 0.1) is 7.57 Å². The van der Waals surface area contributed by atoms with Crippen molar-refractivity contribution >= 4 is 54.5 Å². The average Bonchev–Trinajstić information content (AvgIpc) is 2.60. The summed E-state index contributed by atoms with van der Waals surface area (Å²) < 4.78 is 2.46. The first-order valence-corrected chi connectivity index (χ1v) is 7.32. The van der Waals surface area contributed by atoms with Gasteiger partial charge in [-0.2, -0.15) is 0 Å². The SMILES string of the molecule is Cc1cc(-c2cc(C)c(Br)s2)sc1Br. The number of rotatable bonds is 1. The molecular weight excluding hydrogens is 344 g/mol. The second kappa shape index (κ2) is 4.08. The lowest BCUT2D eigenvalue weighted by molar-refractivity contribution is 1.52. The molecule has 14 heavy (non-hydrogen) atoms. The number of thiophene rings is 2. The Morgan fingerprint density at radius 2 is 1.21 bits per heavy atom. The number of hydrogen-bond donors (Lipinski definition) is 0. The number of hydrogen-bond acceptors (Lipinski definition) is 2. The van der Waals surface area contributed by atoms with E-state index in [2.05, 4.69) is 57.8 Å². The van der Waals surface area contributed by atoms with Crippen LogP contribution in [0.2, 0.25) is 0 Å². The highest BCUT2D eigenvalue weighted by atomic mass is 79.9. The first-order chi connectivity index (χ1) is 6.58. The van der Waals surface area contributed by atoms with E-state index in [4.69, 9.17) is 0 Å². The minimum Gasteiger partial charge on any atom is -0.127 e. The normalized spacial score (nSPS) is 10.9. The first-order valence-electron chi connectivity index (χ1n) is 4.10. The zero-order valence-electron chi connectivity index (χ0n) is 7.73. The van der Waals surface area contributed by atoms with Gasteiger partial charge in [0.2, 0.25) is 0 Å². The second-order valence-corrected chi connectivity index (χ2v) is 7.87. The fourth-order valence-electron chi connectivity index (χ4n) is 1.16. The highest BCUT2D eigenvalue weighted by Gasteiger charge is 2.09. The van der Waals surface area contributed by atoms with Crippen molar-refractivity contribution < 1.29 is 0 Å². The molecule has 0 radical (unpaired) electrons. The molecule has 0 spiro atoms. The lowest BCUT2D eigenvalue weighted by Gasteiger charge is -1.86. The third-order valence-corrected chi connectivity index (χ3v) is 6.43. The molecule has 0 saturated carbocycles. The molecule has 0 N–H and O–H groups in total. The Bertz CT molecular complexity index is 385. The van der Waals surface area contributed by atoms with E-state index in [9.17, 15) is 0 Å². The van der Waals surface area contributed by atoms with Gasteiger partial charge in [-0.25, -0.2) is 0 Å². The van der Waals surface area contributed by atoms with Crippen molar-refractivity contribution in [3.05, 3.63) is 30.8 Å². The van der Waals surface area contributed by atoms with Gasteiger partial charge in [-0.3, -0.25) is 0 Å². The monoisotopic (exact) mass is 350 g/mol. The molecule has 0 aliphatic rings. The van der Waals surface area contributed by atoms with Crippen LogP contribution in [0.15, 0.2) is 19.7 Å². The lowest BCUT2D eigenvalue weighted by atomic mass is 10.3. The van der Waals surface area contributed by atoms with Gasteiger partial charge >= 0.3 is 0 Å². The van der Waals surface area contributed by atoms with Crippen molar-refractivity contribution in [2.75, 3.05) is 0 Å². The molecule has 0 bridgehead atoms. The molecule has 2 aromatic heterocycles. The summed E-state index contributed by atoms with van der Waals surface area (Å²) in [6.45, 7) is 4.25. The molecule has 0 unspecified atom stereocenters. The fraction of sp³-hybridized carbons (Fsp3) is 0.200. The summed E-state index contributed by atoms with van der Waals surface area (Å²) in [6, 6.07) is 4.46. The summed E-state index contributed by atoms with van der Waals surface area (Å²) in [5, 5.41) is 0. The van der Waals surface area contributed by atoms with E-state index in [0.717, 1.165) is 0 Å². The number of aryl methyl sites for hydroxylation is 2. The number of halogens is 2. The van der Waals surface area contributed by atoms with Crippen LogP contribution in [0.3, 0.4) is 0 Å². The van der Waals surface area contributed by atoms with Gasteiger partial charge in [-0.1, -0.05) is 0 Å². The topological polar surface area (TPSA) is 0 Å². The average molecular weight is 352 g/mol. The van der Waals surface area contributed by atoms with Crippen LogP contribution in [0.25, 0.3) is 9.75 Å². The highest BCUT2D eigenvalue weighted by molar-refractivity contribution is 9.11. The van der Waals surface area contributed by atoms with Crippen molar-refractivity contribution in [3.63, 3.8) is 0 Å². The van der Waals surface area contributed by atoms with Crippen LogP contribution in [0.1, 0.15) is 11.1 Å². The maximum absolute atomic E-state index is 3.55. The van der Waals surface area contributed by atoms with E-state index in [1.165, 1.54) is 28.5 Å². The minimum atomic E-state index is 1.23. The molecule has 4 heteroatoms. The molecule has 0 saturated heterocycles. The molecular formula is C10H8Br2S2. The largest absolute Gasteiger partial charge is 0.127 e. The van der Waals surface area contributed by atoms with Crippen LogP contribution in [-0.4, -0.2) is 0 Å². The molecule has 0 nitrogen and oxygen atoms in total. The molecule has 0 amide bonds. The van der Waals surface area contributed by atoms with Crippen molar-refractivity contribution in [1.82, 2.24) is 0 Å². The molecule has 0 aliphatic heterocycles. The summed E-state index contributed by atoms with van der Waals surface area (Å²) >= 11 is 10.7. The molecule has 2 aromatic rings. The molecule has 0 aliphatic carbocycles. The highest BCUT2D eigenvalue weighted by Crippen LogP contribution is 2.40. The molecule has 0 atom stereocenters. The van der Waals surface area contributed by atoms with Gasteiger partial charge in [0.1, 0.15) is 0 Å². The standard InChI is InChI=1S/C10H8Br2S2/c1-5-3-7(13-9(5)11)8-4-6(2)10(12)14-8/h3-4H,1-2H3. The van der Waals surface area contributed by atoms with Crippen LogP contribution >= 0.6 is 54.5 Å². The van der Waals surface area contributed by atoms with Gasteiger partial charge in [-0.15, -0.1) is 22.7 Å². The summed E-state index contributed by atoms with van der Waals surface area (Å²) in [6.07, 6.45) is 0. The van der Waals surface area contributed by atoms with Crippen LogP contribution in [0.5, 0.6) is 0 Å². The summed E-state index contributed by atoms with van der Waals surface area (Å²) in [5.74, 6) is 0. The Kier molecular flexibility index (Phi) is 3.17. The van der Waals surface area contributed by atoms with E-state index in [1.807, 2.05) is 0 Å². The van der Waals surface area contributed by atoms with Crippen molar-refractivity contribution in [2.45, 2.75) is 13.8 Å². The zero-order valence-corrected chi connectivity index (χ0v) is 12.5. The molecule has 74 valence electrons. The van der Waals surface area contributed by atoms with Gasteiger partial charge in [0.15, 0.2) is 0 Å². The molecule has 2 rings (SSSR count). The Hall–Kier alpha value is 0.360. The van der Waals surface area contributed by atoms with E-state index in [0.29, 0.717) is 0 Å². The van der Waals surface area contributed by atoms with Gasteiger partial charge in [-0.05, 0) is 69.0 Å². The maximum Gasteiger partial charge on any atom is 0.0734 e. The molecule has 0 fully saturated rings. The van der Waals surface area contributed by atoms with Crippen molar-refractivity contribution in [3.8, 4) is 9.75 Å². The smallest absolute Gasteiger partial charge is 0.0734 e. The van der Waals surface area contributed by atoms with Crippen molar-refractivity contribution in [2.24, 2.45) is 0 Å². The predicted octanol–water partition coefficient (Wildman–Crippen LogP) is 5.62. The van der Waals surface area contributed by atoms with Crippen molar-refractivity contribution in [1.29, 1.82) is 0 Å². The van der Waals surface area contributed by atoms with E-state index < -0.39 is 0 Å². The summed E-state index contributed by atoms with van der Waals surface area (Å²) in [7, 11) is 0. The quantitative estimate of drug-likeness (QED) is 0.625. The Morgan fingerprint density at radius 3 is 1.43 bits per heavy atom. The van der Waals surface area contributed by atoms with Gasteiger partial charge in [0, 0.05) is 9.75 Å². The second-order valence-electron chi connectivity index (χ2n) is 3.13. The van der Waals surface area contributed by atoms with Gasteiger partial charge in [0.25, 0.3) is 0 Å². The van der Waals surface area contributed by atoms with Crippen LogP contribution < -0.4 is 0 Å². The third-order valence-electron chi connectivity index (χ3n) is 1.96. The summed E-state index contributed by atoms with van der Waals surface area (Å²) in [4.78, 5) is 2.68. The lowest BCUT2D eigenvalue weighted by Crippen LogP contribution is -1.61. The first kappa shape index (κ1) is 10.9. The van der Waals surface area contributed by atoms with Gasteiger partial charge < -0.3 is 0 Å². The Labute approximate surface area is 108 Å². The fourth-order valence-corrected chi connectivity index (χ4v) is 4.30. The zero-order chi connectivity index (χ0) is 10.3. The molecule has 0 aromatic carbocycles. The van der Waals surface area contributed by atoms with E-state index in [1.54, 1.807) is 22.7 Å². The third kappa shape index (κ3) is 1.98. The Morgan fingerprint density at radius 1 is 0.857 bits per heavy atom. The van der Waals surface area contributed by atoms with Crippen LogP contribution in [-0.2, 0) is 0 Å². The Balaban J connectivity index is 2.49. The predicted molar refractivity (Wildman–Crippen MR) is 72.5 cm³/mol.